The van der Waals surface area contributed by atoms with Crippen LogP contribution in [0.15, 0.2) is 42.6 Å². The van der Waals surface area contributed by atoms with Crippen molar-refractivity contribution in [1.82, 2.24) is 15.0 Å². The zero-order chi connectivity index (χ0) is 22.8. The number of hydrogen-bond acceptors (Lipinski definition) is 6. The molecule has 3 aromatic rings. The topological polar surface area (TPSA) is 95.3 Å². The van der Waals surface area contributed by atoms with Crippen LogP contribution >= 0.6 is 0 Å². The van der Waals surface area contributed by atoms with Crippen molar-refractivity contribution in [3.63, 3.8) is 0 Å². The first-order chi connectivity index (χ1) is 14.6. The molecule has 0 aliphatic rings. The Morgan fingerprint density at radius 1 is 1.06 bits per heavy atom. The van der Waals surface area contributed by atoms with Gasteiger partial charge in [0.25, 0.3) is 5.91 Å². The minimum absolute atomic E-state index is 0.0762. The number of nitrogens with zero attached hydrogens (tertiary/aromatic N) is 3. The van der Waals surface area contributed by atoms with Crippen molar-refractivity contribution < 1.29 is 19.1 Å². The Morgan fingerprint density at radius 3 is 2.45 bits per heavy atom. The van der Waals surface area contributed by atoms with E-state index in [4.69, 9.17) is 4.74 Å². The fraction of sp³-hybridized carbons (Fsp3) is 0.304. The number of ether oxygens (including phenoxy) is 2. The summed E-state index contributed by atoms with van der Waals surface area (Å²) in [5.41, 5.74) is 3.60. The van der Waals surface area contributed by atoms with E-state index < -0.39 is 5.97 Å². The van der Waals surface area contributed by atoms with E-state index in [-0.39, 0.29) is 17.0 Å². The van der Waals surface area contributed by atoms with Gasteiger partial charge in [-0.05, 0) is 47.7 Å². The summed E-state index contributed by atoms with van der Waals surface area (Å²) in [6.45, 7) is 8.19. The Bertz CT molecular complexity index is 1130. The quantitative estimate of drug-likeness (QED) is 0.626. The van der Waals surface area contributed by atoms with Gasteiger partial charge in [0.15, 0.2) is 5.69 Å². The number of benzene rings is 2. The summed E-state index contributed by atoms with van der Waals surface area (Å²) < 4.78 is 11.5. The SMILES string of the molecule is COC(=O)c1cn(-c2cc(C(=O)Nc3cc(C(C)(C)C)ccc3OC)ccc2C)nn1. The maximum Gasteiger partial charge on any atom is 0.360 e. The lowest BCUT2D eigenvalue weighted by Crippen LogP contribution is -2.16. The van der Waals surface area contributed by atoms with E-state index in [0.29, 0.717) is 22.7 Å². The van der Waals surface area contributed by atoms with Gasteiger partial charge >= 0.3 is 5.97 Å². The van der Waals surface area contributed by atoms with Crippen LogP contribution in [-0.2, 0) is 10.2 Å². The summed E-state index contributed by atoms with van der Waals surface area (Å²) in [5, 5.41) is 10.7. The summed E-state index contributed by atoms with van der Waals surface area (Å²) >= 11 is 0. The highest BCUT2D eigenvalue weighted by Gasteiger charge is 2.18. The summed E-state index contributed by atoms with van der Waals surface area (Å²) in [4.78, 5) is 24.7. The van der Waals surface area contributed by atoms with Crippen molar-refractivity contribution in [3.05, 3.63) is 65.0 Å². The minimum Gasteiger partial charge on any atom is -0.495 e. The molecule has 8 heteroatoms. The molecule has 31 heavy (non-hydrogen) atoms. The highest BCUT2D eigenvalue weighted by molar-refractivity contribution is 6.05. The monoisotopic (exact) mass is 422 g/mol. The number of methoxy groups -OCH3 is 2. The van der Waals surface area contributed by atoms with Crippen molar-refractivity contribution in [2.75, 3.05) is 19.5 Å². The van der Waals surface area contributed by atoms with Crippen LogP contribution < -0.4 is 10.1 Å². The van der Waals surface area contributed by atoms with Crippen molar-refractivity contribution in [1.29, 1.82) is 0 Å². The minimum atomic E-state index is -0.580. The van der Waals surface area contributed by atoms with Crippen molar-refractivity contribution >= 4 is 17.6 Å². The number of rotatable bonds is 5. The molecule has 0 saturated carbocycles. The van der Waals surface area contributed by atoms with Crippen molar-refractivity contribution in [2.45, 2.75) is 33.1 Å². The fourth-order valence-electron chi connectivity index (χ4n) is 3.04. The van der Waals surface area contributed by atoms with Crippen LogP contribution in [0.1, 0.15) is 52.7 Å². The Morgan fingerprint density at radius 2 is 1.81 bits per heavy atom. The molecule has 1 aromatic heterocycles. The molecule has 3 rings (SSSR count). The van der Waals surface area contributed by atoms with E-state index in [1.165, 1.54) is 18.0 Å². The number of aryl methyl sites for hydroxylation is 1. The van der Waals surface area contributed by atoms with E-state index in [1.54, 1.807) is 19.2 Å². The van der Waals surface area contributed by atoms with Crippen LogP contribution in [0.25, 0.3) is 5.69 Å². The van der Waals surface area contributed by atoms with E-state index in [2.05, 4.69) is 41.1 Å². The predicted molar refractivity (Wildman–Crippen MR) is 117 cm³/mol. The van der Waals surface area contributed by atoms with Crippen molar-refractivity contribution in [2.24, 2.45) is 0 Å². The second-order valence-electron chi connectivity index (χ2n) is 8.16. The highest BCUT2D eigenvalue weighted by atomic mass is 16.5. The highest BCUT2D eigenvalue weighted by Crippen LogP contribution is 2.32. The Balaban J connectivity index is 1.92. The molecule has 162 valence electrons. The van der Waals surface area contributed by atoms with Crippen LogP contribution in [0.2, 0.25) is 0 Å². The van der Waals surface area contributed by atoms with E-state index in [0.717, 1.165) is 11.1 Å². The molecule has 0 radical (unpaired) electrons. The van der Waals surface area contributed by atoms with Gasteiger partial charge in [-0.15, -0.1) is 5.10 Å². The van der Waals surface area contributed by atoms with E-state index in [1.807, 2.05) is 31.2 Å². The number of aromatic nitrogens is 3. The van der Waals surface area contributed by atoms with Gasteiger partial charge in [0.2, 0.25) is 0 Å². The summed E-state index contributed by atoms with van der Waals surface area (Å²) in [6, 6.07) is 11.0. The number of hydrogen-bond donors (Lipinski definition) is 1. The maximum absolute atomic E-state index is 13.0. The third-order valence-corrected chi connectivity index (χ3v) is 4.92. The Kier molecular flexibility index (Phi) is 6.10. The molecule has 1 amide bonds. The number of anilines is 1. The zero-order valence-electron chi connectivity index (χ0n) is 18.5. The third-order valence-electron chi connectivity index (χ3n) is 4.92. The van der Waals surface area contributed by atoms with Gasteiger partial charge in [-0.25, -0.2) is 9.48 Å². The number of carbonyl (C=O) groups is 2. The lowest BCUT2D eigenvalue weighted by Gasteiger charge is -2.21. The molecule has 1 heterocycles. The van der Waals surface area contributed by atoms with Crippen LogP contribution in [0.5, 0.6) is 5.75 Å². The molecule has 0 unspecified atom stereocenters. The van der Waals surface area contributed by atoms with Crippen LogP contribution in [0.3, 0.4) is 0 Å². The van der Waals surface area contributed by atoms with Gasteiger partial charge in [-0.1, -0.05) is 38.1 Å². The molecule has 0 spiro atoms. The van der Waals surface area contributed by atoms with Gasteiger partial charge in [0, 0.05) is 5.56 Å². The zero-order valence-corrected chi connectivity index (χ0v) is 18.5. The first kappa shape index (κ1) is 22.0. The average Bonchev–Trinajstić information content (AvgIpc) is 3.22. The number of nitrogens with one attached hydrogen (secondary N) is 1. The molecule has 0 fully saturated rings. The van der Waals surface area contributed by atoms with Gasteiger partial charge in [0.1, 0.15) is 5.75 Å². The van der Waals surface area contributed by atoms with Gasteiger partial charge < -0.3 is 14.8 Å². The third kappa shape index (κ3) is 4.74. The number of amides is 1. The Labute approximate surface area is 181 Å². The van der Waals surface area contributed by atoms with E-state index in [9.17, 15) is 9.59 Å². The predicted octanol–water partition coefficient (Wildman–Crippen LogP) is 3.92. The molecule has 0 aliphatic heterocycles. The van der Waals surface area contributed by atoms with Crippen LogP contribution in [0, 0.1) is 6.92 Å². The van der Waals surface area contributed by atoms with Gasteiger partial charge in [-0.3, -0.25) is 4.79 Å². The molecular formula is C23H26N4O4. The molecule has 8 nitrogen and oxygen atoms in total. The largest absolute Gasteiger partial charge is 0.495 e. The first-order valence-corrected chi connectivity index (χ1v) is 9.75. The molecule has 2 aromatic carbocycles. The molecule has 0 aliphatic carbocycles. The molecule has 0 atom stereocenters. The van der Waals surface area contributed by atoms with Crippen molar-refractivity contribution in [3.8, 4) is 11.4 Å². The standard InChI is InChI=1S/C23H26N4O4/c1-14-7-8-15(11-19(14)27-13-18(25-26-27)22(29)31-6)21(28)24-17-12-16(23(2,3)4)9-10-20(17)30-5/h7-13H,1-6H3,(H,24,28). The van der Waals surface area contributed by atoms with E-state index >= 15 is 0 Å². The molecule has 1 N–H and O–H groups in total. The lowest BCUT2D eigenvalue weighted by molar-refractivity contribution is 0.0593. The molecular weight excluding hydrogens is 396 g/mol. The Hall–Kier alpha value is -3.68. The van der Waals surface area contributed by atoms with Crippen LogP contribution in [0.4, 0.5) is 5.69 Å². The number of carbonyl (C=O) groups excluding carboxylic acids is 2. The second kappa shape index (κ2) is 8.59. The average molecular weight is 422 g/mol. The van der Waals surface area contributed by atoms with Crippen LogP contribution in [-0.4, -0.2) is 41.1 Å². The summed E-state index contributed by atoms with van der Waals surface area (Å²) in [6.07, 6.45) is 1.46. The second-order valence-corrected chi connectivity index (χ2v) is 8.16. The lowest BCUT2D eigenvalue weighted by atomic mass is 9.87. The first-order valence-electron chi connectivity index (χ1n) is 9.75. The normalized spacial score (nSPS) is 11.2. The molecule has 0 bridgehead atoms. The summed E-state index contributed by atoms with van der Waals surface area (Å²) in [5.74, 6) is -0.296. The maximum atomic E-state index is 13.0. The molecule has 0 saturated heterocycles. The summed E-state index contributed by atoms with van der Waals surface area (Å²) in [7, 11) is 2.84. The van der Waals surface area contributed by atoms with Gasteiger partial charge in [0.05, 0.1) is 31.8 Å². The number of esters is 1. The van der Waals surface area contributed by atoms with Gasteiger partial charge in [-0.2, -0.15) is 0 Å². The smallest absolute Gasteiger partial charge is 0.360 e. The fourth-order valence-corrected chi connectivity index (χ4v) is 3.04.